The van der Waals surface area contributed by atoms with E-state index in [1.807, 2.05) is 30.3 Å². The highest BCUT2D eigenvalue weighted by Crippen LogP contribution is 2.13. The summed E-state index contributed by atoms with van der Waals surface area (Å²) in [5.41, 5.74) is 0.868. The minimum absolute atomic E-state index is 0.107. The maximum atomic E-state index is 11.6. The summed E-state index contributed by atoms with van der Waals surface area (Å²) in [6.07, 6.45) is 0.611. The van der Waals surface area contributed by atoms with Crippen molar-refractivity contribution in [2.24, 2.45) is 0 Å². The van der Waals surface area contributed by atoms with Gasteiger partial charge in [0.25, 0.3) is 0 Å². The van der Waals surface area contributed by atoms with E-state index in [9.17, 15) is 4.79 Å². The molecule has 0 aromatic heterocycles. The Morgan fingerprint density at radius 2 is 2.12 bits per heavy atom. The number of aliphatic hydroxyl groups excluding tert-OH is 1. The van der Waals surface area contributed by atoms with E-state index in [2.05, 4.69) is 5.32 Å². The summed E-state index contributed by atoms with van der Waals surface area (Å²) < 4.78 is 4.73. The van der Waals surface area contributed by atoms with Crippen LogP contribution in [0, 0.1) is 0 Å². The van der Waals surface area contributed by atoms with Gasteiger partial charge in [0, 0.05) is 6.61 Å². The van der Waals surface area contributed by atoms with Crippen molar-refractivity contribution in [1.82, 2.24) is 5.32 Å². The van der Waals surface area contributed by atoms with Gasteiger partial charge in [0.05, 0.1) is 7.11 Å². The first kappa shape index (κ1) is 12.7. The molecular weight excluding hydrogens is 206 g/mol. The molecule has 2 N–H and O–H groups in total. The molecule has 1 aromatic rings. The highest BCUT2D eigenvalue weighted by molar-refractivity contribution is 5.77. The van der Waals surface area contributed by atoms with E-state index in [0.717, 1.165) is 5.56 Å². The molecule has 0 aliphatic rings. The van der Waals surface area contributed by atoms with Gasteiger partial charge in [-0.15, -0.1) is 0 Å². The Kier molecular flexibility index (Phi) is 5.53. The maximum absolute atomic E-state index is 11.6. The lowest BCUT2D eigenvalue weighted by Crippen LogP contribution is -2.30. The maximum Gasteiger partial charge on any atom is 0.327 e. The molecule has 1 aromatic carbocycles. The lowest BCUT2D eigenvalue weighted by molar-refractivity contribution is -0.143. The number of nitrogens with one attached hydrogen (secondary N) is 1. The van der Waals surface area contributed by atoms with E-state index >= 15 is 0 Å². The number of rotatable bonds is 6. The predicted octanol–water partition coefficient (Wildman–Crippen LogP) is 0.873. The van der Waals surface area contributed by atoms with Crippen molar-refractivity contribution in [1.29, 1.82) is 0 Å². The number of hydrogen-bond donors (Lipinski definition) is 2. The highest BCUT2D eigenvalue weighted by atomic mass is 16.5. The summed E-state index contributed by atoms with van der Waals surface area (Å²) in [6, 6.07) is 8.92. The van der Waals surface area contributed by atoms with Crippen LogP contribution in [0.1, 0.15) is 18.0 Å². The van der Waals surface area contributed by atoms with Gasteiger partial charge in [-0.3, -0.25) is 0 Å². The zero-order valence-corrected chi connectivity index (χ0v) is 9.35. The molecule has 88 valence electrons. The van der Waals surface area contributed by atoms with Crippen LogP contribution in [0.4, 0.5) is 0 Å². The van der Waals surface area contributed by atoms with E-state index < -0.39 is 6.04 Å². The van der Waals surface area contributed by atoms with Crippen LogP contribution in [0.2, 0.25) is 0 Å². The smallest absolute Gasteiger partial charge is 0.327 e. The van der Waals surface area contributed by atoms with Crippen molar-refractivity contribution < 1.29 is 14.6 Å². The monoisotopic (exact) mass is 223 g/mol. The molecule has 0 spiro atoms. The first-order valence-electron chi connectivity index (χ1n) is 5.26. The summed E-state index contributed by atoms with van der Waals surface area (Å²) in [5.74, 6) is -0.316. The average Bonchev–Trinajstić information content (AvgIpc) is 2.35. The fourth-order valence-corrected chi connectivity index (χ4v) is 1.43. The molecule has 1 unspecified atom stereocenters. The zero-order chi connectivity index (χ0) is 11.8. The van der Waals surface area contributed by atoms with Gasteiger partial charge in [0.15, 0.2) is 0 Å². The van der Waals surface area contributed by atoms with E-state index in [1.165, 1.54) is 7.11 Å². The predicted molar refractivity (Wildman–Crippen MR) is 60.9 cm³/mol. The fraction of sp³-hybridized carbons (Fsp3) is 0.417. The van der Waals surface area contributed by atoms with Crippen LogP contribution >= 0.6 is 0 Å². The lowest BCUT2D eigenvalue weighted by atomic mass is 10.1. The molecule has 0 saturated carbocycles. The SMILES string of the molecule is COC(=O)C(NCCCO)c1ccccc1. The van der Waals surface area contributed by atoms with Crippen LogP contribution in [0.5, 0.6) is 0 Å². The Morgan fingerprint density at radius 1 is 1.44 bits per heavy atom. The standard InChI is InChI=1S/C12H17NO3/c1-16-12(15)11(13-8-5-9-14)10-6-3-2-4-7-10/h2-4,6-7,11,13-14H,5,8-9H2,1H3. The van der Waals surface area contributed by atoms with E-state index in [1.54, 1.807) is 0 Å². The molecular formula is C12H17NO3. The molecule has 4 heteroatoms. The van der Waals surface area contributed by atoms with Crippen molar-refractivity contribution in [3.63, 3.8) is 0 Å². The largest absolute Gasteiger partial charge is 0.468 e. The summed E-state index contributed by atoms with van der Waals surface area (Å²) >= 11 is 0. The molecule has 4 nitrogen and oxygen atoms in total. The van der Waals surface area contributed by atoms with Crippen LogP contribution in [0.25, 0.3) is 0 Å². The van der Waals surface area contributed by atoms with Crippen LogP contribution in [-0.4, -0.2) is 31.3 Å². The van der Waals surface area contributed by atoms with Gasteiger partial charge >= 0.3 is 5.97 Å². The Hall–Kier alpha value is -1.39. The second-order valence-corrected chi connectivity index (χ2v) is 3.40. The number of methoxy groups -OCH3 is 1. The van der Waals surface area contributed by atoms with Crippen molar-refractivity contribution >= 4 is 5.97 Å². The van der Waals surface area contributed by atoms with Gasteiger partial charge in [0.1, 0.15) is 6.04 Å². The van der Waals surface area contributed by atoms with Crippen molar-refractivity contribution in [2.45, 2.75) is 12.5 Å². The molecule has 0 saturated heterocycles. The highest BCUT2D eigenvalue weighted by Gasteiger charge is 2.19. The summed E-state index contributed by atoms with van der Waals surface area (Å²) in [5, 5.41) is 11.7. The van der Waals surface area contributed by atoms with Crippen LogP contribution in [-0.2, 0) is 9.53 Å². The third kappa shape index (κ3) is 3.64. The van der Waals surface area contributed by atoms with Gasteiger partial charge in [0.2, 0.25) is 0 Å². The first-order chi connectivity index (χ1) is 7.79. The molecule has 0 amide bonds. The number of esters is 1. The Labute approximate surface area is 95.2 Å². The van der Waals surface area contributed by atoms with Gasteiger partial charge in [-0.2, -0.15) is 0 Å². The summed E-state index contributed by atoms with van der Waals surface area (Å²) in [7, 11) is 1.37. The Bertz CT molecular complexity index is 313. The molecule has 1 atom stereocenters. The quantitative estimate of drug-likeness (QED) is 0.555. The molecule has 0 aliphatic carbocycles. The summed E-state index contributed by atoms with van der Waals surface area (Å²) in [4.78, 5) is 11.6. The molecule has 0 heterocycles. The molecule has 0 fully saturated rings. The van der Waals surface area contributed by atoms with Crippen LogP contribution < -0.4 is 5.32 Å². The lowest BCUT2D eigenvalue weighted by Gasteiger charge is -2.16. The van der Waals surface area contributed by atoms with Gasteiger partial charge in [-0.1, -0.05) is 30.3 Å². The third-order valence-electron chi connectivity index (χ3n) is 2.25. The number of ether oxygens (including phenoxy) is 1. The van der Waals surface area contributed by atoms with Crippen molar-refractivity contribution in [3.05, 3.63) is 35.9 Å². The van der Waals surface area contributed by atoms with Gasteiger partial charge < -0.3 is 15.2 Å². The average molecular weight is 223 g/mol. The molecule has 0 radical (unpaired) electrons. The normalized spacial score (nSPS) is 12.1. The number of aliphatic hydroxyl groups is 1. The number of benzene rings is 1. The fourth-order valence-electron chi connectivity index (χ4n) is 1.43. The first-order valence-corrected chi connectivity index (χ1v) is 5.26. The van der Waals surface area contributed by atoms with E-state index in [0.29, 0.717) is 13.0 Å². The minimum Gasteiger partial charge on any atom is -0.468 e. The van der Waals surface area contributed by atoms with Gasteiger partial charge in [-0.25, -0.2) is 4.79 Å². The number of carbonyl (C=O) groups is 1. The third-order valence-corrected chi connectivity index (χ3v) is 2.25. The van der Waals surface area contributed by atoms with Crippen LogP contribution in [0.15, 0.2) is 30.3 Å². The topological polar surface area (TPSA) is 58.6 Å². The molecule has 1 rings (SSSR count). The molecule has 0 bridgehead atoms. The van der Waals surface area contributed by atoms with Gasteiger partial charge in [-0.05, 0) is 18.5 Å². The van der Waals surface area contributed by atoms with E-state index in [4.69, 9.17) is 9.84 Å². The van der Waals surface area contributed by atoms with Crippen LogP contribution in [0.3, 0.4) is 0 Å². The molecule has 0 aliphatic heterocycles. The number of carbonyl (C=O) groups excluding carboxylic acids is 1. The van der Waals surface area contributed by atoms with Crippen molar-refractivity contribution in [2.75, 3.05) is 20.3 Å². The Balaban J connectivity index is 2.68. The molecule has 16 heavy (non-hydrogen) atoms. The zero-order valence-electron chi connectivity index (χ0n) is 9.35. The minimum atomic E-state index is -0.460. The van der Waals surface area contributed by atoms with E-state index in [-0.39, 0.29) is 12.6 Å². The summed E-state index contributed by atoms with van der Waals surface area (Å²) in [6.45, 7) is 0.681. The Morgan fingerprint density at radius 3 is 2.69 bits per heavy atom. The second-order valence-electron chi connectivity index (χ2n) is 3.40. The van der Waals surface area contributed by atoms with Crippen molar-refractivity contribution in [3.8, 4) is 0 Å². The number of hydrogen-bond acceptors (Lipinski definition) is 4. The second kappa shape index (κ2) is 6.98.